The Labute approximate surface area is 229 Å². The summed E-state index contributed by atoms with van der Waals surface area (Å²) in [5.74, 6) is 0.0854. The lowest BCUT2D eigenvalue weighted by Crippen LogP contribution is -2.33. The number of amides is 1. The average molecular weight is 551 g/mol. The Kier molecular flexibility index (Phi) is 8.84. The van der Waals surface area contributed by atoms with Crippen molar-refractivity contribution < 1.29 is 23.8 Å². The number of nitrogens with one attached hydrogen (secondary N) is 1. The minimum atomic E-state index is -0.779. The molecule has 0 unspecified atom stereocenters. The molecule has 0 aliphatic heterocycles. The van der Waals surface area contributed by atoms with E-state index in [-0.39, 0.29) is 16.3 Å². The number of carbonyl (C=O) groups excluding carboxylic acids is 2. The number of halogens is 2. The van der Waals surface area contributed by atoms with Gasteiger partial charge in [-0.15, -0.1) is 0 Å². The van der Waals surface area contributed by atoms with Crippen LogP contribution in [0.3, 0.4) is 0 Å². The normalized spacial score (nSPS) is 11.8. The van der Waals surface area contributed by atoms with Gasteiger partial charge in [0.05, 0.1) is 23.4 Å². The fourth-order valence-electron chi connectivity index (χ4n) is 3.57. The predicted molar refractivity (Wildman–Crippen MR) is 149 cm³/mol. The van der Waals surface area contributed by atoms with Gasteiger partial charge in [0.25, 0.3) is 5.91 Å². The number of carbonyl (C=O) groups is 2. The molecule has 0 aromatic heterocycles. The van der Waals surface area contributed by atoms with Crippen LogP contribution in [0, 0.1) is 0 Å². The summed E-state index contributed by atoms with van der Waals surface area (Å²) in [7, 11) is 0. The molecule has 0 aliphatic carbocycles. The van der Waals surface area contributed by atoms with Gasteiger partial charge in [-0.2, -0.15) is 5.10 Å². The SMILES string of the molecule is CCOc1cc(/C=N\NC(=O)[C@@H](C)Oc2cccc3ccccc23)ccc1OC(=O)c1ccc(Cl)cc1Cl. The fraction of sp³-hybridized carbons (Fsp3) is 0.138. The third-order valence-electron chi connectivity index (χ3n) is 5.43. The molecule has 194 valence electrons. The number of nitrogens with zero attached hydrogens (tertiary/aromatic N) is 1. The summed E-state index contributed by atoms with van der Waals surface area (Å²) >= 11 is 12.0. The van der Waals surface area contributed by atoms with E-state index in [0.717, 1.165) is 10.8 Å². The first-order valence-corrected chi connectivity index (χ1v) is 12.5. The van der Waals surface area contributed by atoms with E-state index >= 15 is 0 Å². The van der Waals surface area contributed by atoms with Gasteiger partial charge in [0.15, 0.2) is 17.6 Å². The molecular weight excluding hydrogens is 527 g/mol. The topological polar surface area (TPSA) is 86.2 Å². The molecule has 4 aromatic carbocycles. The molecule has 0 radical (unpaired) electrons. The number of hydrazone groups is 1. The number of hydrogen-bond acceptors (Lipinski definition) is 6. The zero-order chi connectivity index (χ0) is 27.1. The van der Waals surface area contributed by atoms with Crippen LogP contribution in [-0.2, 0) is 4.79 Å². The smallest absolute Gasteiger partial charge is 0.345 e. The number of rotatable bonds is 9. The quantitative estimate of drug-likeness (QED) is 0.109. The Morgan fingerprint density at radius 2 is 1.74 bits per heavy atom. The summed E-state index contributed by atoms with van der Waals surface area (Å²) in [6.07, 6.45) is 0.672. The van der Waals surface area contributed by atoms with E-state index in [0.29, 0.717) is 28.7 Å². The first-order valence-electron chi connectivity index (χ1n) is 11.8. The Morgan fingerprint density at radius 1 is 0.947 bits per heavy atom. The van der Waals surface area contributed by atoms with Crippen LogP contribution in [0.5, 0.6) is 17.2 Å². The van der Waals surface area contributed by atoms with E-state index in [1.165, 1.54) is 18.3 Å². The molecule has 0 bridgehead atoms. The van der Waals surface area contributed by atoms with Gasteiger partial charge in [-0.3, -0.25) is 4.79 Å². The van der Waals surface area contributed by atoms with Crippen LogP contribution >= 0.6 is 23.2 Å². The maximum Gasteiger partial charge on any atom is 0.345 e. The molecular formula is C29H24Cl2N2O5. The summed E-state index contributed by atoms with van der Waals surface area (Å²) in [5.41, 5.74) is 3.27. The van der Waals surface area contributed by atoms with Crippen molar-refractivity contribution in [1.29, 1.82) is 0 Å². The summed E-state index contributed by atoms with van der Waals surface area (Å²) in [6.45, 7) is 3.79. The van der Waals surface area contributed by atoms with Crippen LogP contribution in [0.1, 0.15) is 29.8 Å². The summed E-state index contributed by atoms with van der Waals surface area (Å²) in [6, 6.07) is 22.8. The van der Waals surface area contributed by atoms with Crippen molar-refractivity contribution in [3.8, 4) is 17.2 Å². The van der Waals surface area contributed by atoms with Crippen LogP contribution in [0.25, 0.3) is 10.8 Å². The molecule has 0 fully saturated rings. The minimum Gasteiger partial charge on any atom is -0.490 e. The Hall–Kier alpha value is -4.07. The minimum absolute atomic E-state index is 0.173. The van der Waals surface area contributed by atoms with E-state index in [1.807, 2.05) is 42.5 Å². The van der Waals surface area contributed by atoms with Gasteiger partial charge < -0.3 is 14.2 Å². The molecule has 4 rings (SSSR count). The predicted octanol–water partition coefficient (Wildman–Crippen LogP) is 6.68. The van der Waals surface area contributed by atoms with Crippen LogP contribution in [-0.4, -0.2) is 30.8 Å². The second kappa shape index (κ2) is 12.4. The van der Waals surface area contributed by atoms with Gasteiger partial charge in [0, 0.05) is 10.4 Å². The maximum atomic E-state index is 12.6. The summed E-state index contributed by atoms with van der Waals surface area (Å²) in [4.78, 5) is 25.2. The number of benzene rings is 4. The fourth-order valence-corrected chi connectivity index (χ4v) is 4.06. The van der Waals surface area contributed by atoms with E-state index in [9.17, 15) is 9.59 Å². The average Bonchev–Trinajstić information content (AvgIpc) is 2.90. The molecule has 0 aliphatic rings. The molecule has 38 heavy (non-hydrogen) atoms. The molecule has 4 aromatic rings. The van der Waals surface area contributed by atoms with E-state index in [4.69, 9.17) is 37.4 Å². The van der Waals surface area contributed by atoms with Gasteiger partial charge in [-0.25, -0.2) is 10.2 Å². The molecule has 0 saturated heterocycles. The number of ether oxygens (including phenoxy) is 3. The molecule has 0 saturated carbocycles. The van der Waals surface area contributed by atoms with Crippen LogP contribution in [0.4, 0.5) is 0 Å². The van der Waals surface area contributed by atoms with Gasteiger partial charge >= 0.3 is 5.97 Å². The highest BCUT2D eigenvalue weighted by Crippen LogP contribution is 2.30. The number of hydrogen-bond donors (Lipinski definition) is 1. The summed E-state index contributed by atoms with van der Waals surface area (Å²) < 4.78 is 17.0. The molecule has 0 heterocycles. The number of fused-ring (bicyclic) bond motifs is 1. The molecule has 0 spiro atoms. The first-order chi connectivity index (χ1) is 18.4. The maximum absolute atomic E-state index is 12.6. The van der Waals surface area contributed by atoms with E-state index in [1.54, 1.807) is 38.1 Å². The van der Waals surface area contributed by atoms with E-state index in [2.05, 4.69) is 10.5 Å². The second-order valence-electron chi connectivity index (χ2n) is 8.12. The lowest BCUT2D eigenvalue weighted by Gasteiger charge is -2.15. The van der Waals surface area contributed by atoms with Gasteiger partial charge in [0.1, 0.15) is 5.75 Å². The van der Waals surface area contributed by atoms with Crippen molar-refractivity contribution in [2.75, 3.05) is 6.61 Å². The lowest BCUT2D eigenvalue weighted by atomic mass is 10.1. The van der Waals surface area contributed by atoms with Crippen molar-refractivity contribution >= 4 is 52.1 Å². The van der Waals surface area contributed by atoms with E-state index < -0.39 is 18.0 Å². The van der Waals surface area contributed by atoms with Crippen molar-refractivity contribution in [2.24, 2.45) is 5.10 Å². The number of esters is 1. The first kappa shape index (κ1) is 27.0. The van der Waals surface area contributed by atoms with Crippen LogP contribution in [0.15, 0.2) is 84.0 Å². The Bertz CT molecular complexity index is 1500. The third kappa shape index (κ3) is 6.62. The third-order valence-corrected chi connectivity index (χ3v) is 5.98. The van der Waals surface area contributed by atoms with Crippen molar-refractivity contribution in [3.63, 3.8) is 0 Å². The van der Waals surface area contributed by atoms with Gasteiger partial charge in [-0.05, 0) is 67.3 Å². The Morgan fingerprint density at radius 3 is 2.53 bits per heavy atom. The largest absolute Gasteiger partial charge is 0.490 e. The highest BCUT2D eigenvalue weighted by atomic mass is 35.5. The van der Waals surface area contributed by atoms with Crippen LogP contribution in [0.2, 0.25) is 10.0 Å². The van der Waals surface area contributed by atoms with Gasteiger partial charge in [-0.1, -0.05) is 59.6 Å². The zero-order valence-electron chi connectivity index (χ0n) is 20.6. The molecule has 1 amide bonds. The van der Waals surface area contributed by atoms with Gasteiger partial charge in [0.2, 0.25) is 0 Å². The molecule has 1 N–H and O–H groups in total. The highest BCUT2D eigenvalue weighted by molar-refractivity contribution is 6.36. The monoisotopic (exact) mass is 550 g/mol. The Balaban J connectivity index is 1.41. The van der Waals surface area contributed by atoms with Crippen molar-refractivity contribution in [3.05, 3.63) is 100 Å². The molecule has 7 nitrogen and oxygen atoms in total. The standard InChI is InChI=1S/C29H24Cl2N2O5/c1-3-36-27-15-19(11-14-26(27)38-29(35)23-13-12-21(30)16-24(23)31)17-32-33-28(34)18(2)37-25-10-6-8-20-7-4-5-9-22(20)25/h4-18H,3H2,1-2H3,(H,33,34)/b32-17-/t18-/m1/s1. The summed E-state index contributed by atoms with van der Waals surface area (Å²) in [5, 5.41) is 6.55. The zero-order valence-corrected chi connectivity index (χ0v) is 22.1. The lowest BCUT2D eigenvalue weighted by molar-refractivity contribution is -0.127. The van der Waals surface area contributed by atoms with Crippen molar-refractivity contribution in [2.45, 2.75) is 20.0 Å². The molecule has 1 atom stereocenters. The highest BCUT2D eigenvalue weighted by Gasteiger charge is 2.17. The second-order valence-corrected chi connectivity index (χ2v) is 8.97. The van der Waals surface area contributed by atoms with Crippen molar-refractivity contribution in [1.82, 2.24) is 5.43 Å². The molecule has 9 heteroatoms. The van der Waals surface area contributed by atoms with Crippen LogP contribution < -0.4 is 19.6 Å².